The van der Waals surface area contributed by atoms with E-state index in [4.69, 9.17) is 21.1 Å². The maximum Gasteiger partial charge on any atom is 0.343 e. The average molecular weight is 620 g/mol. The molecule has 1 heterocycles. The molecule has 1 saturated heterocycles. The molecule has 9 heteroatoms. The molecule has 2 amide bonds. The summed E-state index contributed by atoms with van der Waals surface area (Å²) in [4.78, 5) is 39.6. The Balaban J connectivity index is 1.58. The number of halogens is 2. The third-order valence-electron chi connectivity index (χ3n) is 4.96. The second-order valence-corrected chi connectivity index (χ2v) is 10.0. The van der Waals surface area contributed by atoms with Gasteiger partial charge in [-0.3, -0.25) is 14.5 Å². The highest BCUT2D eigenvalue weighted by atomic mass is 127. The molecular formula is C26H19ClINO5S. The molecule has 0 aromatic heterocycles. The summed E-state index contributed by atoms with van der Waals surface area (Å²) in [5, 5.41) is 0.196. The first kappa shape index (κ1) is 25.3. The number of imide groups is 1. The van der Waals surface area contributed by atoms with E-state index in [1.165, 1.54) is 4.90 Å². The van der Waals surface area contributed by atoms with Crippen molar-refractivity contribution < 1.29 is 23.9 Å². The van der Waals surface area contributed by atoms with Gasteiger partial charge in [-0.2, -0.15) is 0 Å². The highest BCUT2D eigenvalue weighted by Crippen LogP contribution is 2.38. The normalized spacial score (nSPS) is 14.5. The Morgan fingerprint density at radius 3 is 2.49 bits per heavy atom. The number of rotatable bonds is 7. The summed E-state index contributed by atoms with van der Waals surface area (Å²) in [5.74, 6) is -0.261. The van der Waals surface area contributed by atoms with Crippen LogP contribution in [-0.2, 0) is 11.3 Å². The molecule has 0 radical (unpaired) electrons. The summed E-state index contributed by atoms with van der Waals surface area (Å²) < 4.78 is 12.0. The van der Waals surface area contributed by atoms with Crippen LogP contribution in [0.25, 0.3) is 6.08 Å². The lowest BCUT2D eigenvalue weighted by Crippen LogP contribution is -2.27. The van der Waals surface area contributed by atoms with Crippen molar-refractivity contribution in [2.75, 3.05) is 6.61 Å². The number of thioether (sulfide) groups is 1. The Morgan fingerprint density at radius 1 is 1.09 bits per heavy atom. The monoisotopic (exact) mass is 619 g/mol. The van der Waals surface area contributed by atoms with Crippen LogP contribution in [0.3, 0.4) is 0 Å². The number of nitrogens with zero attached hydrogens (tertiary/aromatic N) is 1. The number of hydrogen-bond acceptors (Lipinski definition) is 6. The van der Waals surface area contributed by atoms with E-state index in [1.807, 2.05) is 59.8 Å². The fourth-order valence-electron chi connectivity index (χ4n) is 3.32. The zero-order valence-electron chi connectivity index (χ0n) is 18.5. The van der Waals surface area contributed by atoms with Crippen LogP contribution in [0, 0.1) is 3.57 Å². The maximum atomic E-state index is 12.9. The Bertz CT molecular complexity index is 1310. The number of carbonyl (C=O) groups is 3. The molecule has 0 unspecified atom stereocenters. The fraction of sp³-hybridized carbons (Fsp3) is 0.115. The molecular weight excluding hydrogens is 601 g/mol. The Labute approximate surface area is 225 Å². The second kappa shape index (κ2) is 11.3. The number of ether oxygens (including phenoxy) is 2. The first-order valence-electron chi connectivity index (χ1n) is 10.6. The third kappa shape index (κ3) is 6.06. The van der Waals surface area contributed by atoms with Gasteiger partial charge in [0.05, 0.1) is 27.2 Å². The molecule has 0 atom stereocenters. The lowest BCUT2D eigenvalue weighted by Gasteiger charge is -2.14. The Morgan fingerprint density at radius 2 is 1.80 bits per heavy atom. The minimum absolute atomic E-state index is 0.212. The first-order chi connectivity index (χ1) is 16.9. The quantitative estimate of drug-likeness (QED) is 0.125. The van der Waals surface area contributed by atoms with Crippen LogP contribution in [0.1, 0.15) is 28.4 Å². The molecule has 0 spiro atoms. The maximum absolute atomic E-state index is 12.9. The zero-order valence-corrected chi connectivity index (χ0v) is 22.2. The SMILES string of the molecule is CCOc1cc(/C=C2\SC(=O)N(Cc3ccccc3)C2=O)cc(I)c1OC(=O)c1ccc(Cl)cc1. The molecule has 3 aromatic carbocycles. The van der Waals surface area contributed by atoms with Gasteiger partial charge in [-0.1, -0.05) is 41.9 Å². The first-order valence-corrected chi connectivity index (χ1v) is 12.9. The van der Waals surface area contributed by atoms with Crippen LogP contribution in [0.5, 0.6) is 11.5 Å². The van der Waals surface area contributed by atoms with Gasteiger partial charge in [0, 0.05) is 5.02 Å². The summed E-state index contributed by atoms with van der Waals surface area (Å²) in [7, 11) is 0. The molecule has 178 valence electrons. The highest BCUT2D eigenvalue weighted by molar-refractivity contribution is 14.1. The van der Waals surface area contributed by atoms with E-state index >= 15 is 0 Å². The minimum Gasteiger partial charge on any atom is -0.490 e. The summed E-state index contributed by atoms with van der Waals surface area (Å²) in [6, 6.07) is 19.2. The van der Waals surface area contributed by atoms with Crippen LogP contribution in [0.2, 0.25) is 5.02 Å². The summed E-state index contributed by atoms with van der Waals surface area (Å²) in [5.41, 5.74) is 1.87. The van der Waals surface area contributed by atoms with Crippen LogP contribution in [0.4, 0.5) is 4.79 Å². The number of esters is 1. The molecule has 6 nitrogen and oxygen atoms in total. The van der Waals surface area contributed by atoms with E-state index in [0.717, 1.165) is 17.3 Å². The predicted octanol–water partition coefficient (Wildman–Crippen LogP) is 6.80. The summed E-state index contributed by atoms with van der Waals surface area (Å²) in [6.07, 6.45) is 1.64. The highest BCUT2D eigenvalue weighted by Gasteiger charge is 2.35. The van der Waals surface area contributed by atoms with Gasteiger partial charge < -0.3 is 9.47 Å². The lowest BCUT2D eigenvalue weighted by atomic mass is 10.1. The molecule has 0 aliphatic carbocycles. The van der Waals surface area contributed by atoms with Crippen molar-refractivity contribution in [2.24, 2.45) is 0 Å². The summed E-state index contributed by atoms with van der Waals surface area (Å²) in [6.45, 7) is 2.38. The zero-order chi connectivity index (χ0) is 24.9. The van der Waals surface area contributed by atoms with Crippen LogP contribution >= 0.6 is 46.0 Å². The van der Waals surface area contributed by atoms with Gasteiger partial charge in [-0.15, -0.1) is 0 Å². The van der Waals surface area contributed by atoms with Crippen molar-refractivity contribution >= 4 is 69.1 Å². The molecule has 0 bridgehead atoms. The van der Waals surface area contributed by atoms with E-state index in [2.05, 4.69) is 0 Å². The van der Waals surface area contributed by atoms with Gasteiger partial charge in [0.25, 0.3) is 11.1 Å². The van der Waals surface area contributed by atoms with Crippen molar-refractivity contribution in [3.8, 4) is 11.5 Å². The minimum atomic E-state index is -0.546. The van der Waals surface area contributed by atoms with Crippen molar-refractivity contribution in [1.82, 2.24) is 4.90 Å². The van der Waals surface area contributed by atoms with Crippen LogP contribution in [0.15, 0.2) is 71.6 Å². The third-order valence-corrected chi connectivity index (χ3v) is 6.92. The molecule has 0 N–H and O–H groups in total. The number of benzene rings is 3. The van der Waals surface area contributed by atoms with E-state index in [9.17, 15) is 14.4 Å². The molecule has 35 heavy (non-hydrogen) atoms. The van der Waals surface area contributed by atoms with Gasteiger partial charge >= 0.3 is 5.97 Å². The van der Waals surface area contributed by atoms with E-state index in [0.29, 0.717) is 37.0 Å². The fourth-order valence-corrected chi connectivity index (χ4v) is 5.02. The predicted molar refractivity (Wildman–Crippen MR) is 145 cm³/mol. The van der Waals surface area contributed by atoms with Gasteiger partial charge in [-0.25, -0.2) is 4.79 Å². The molecule has 1 aliphatic heterocycles. The molecule has 3 aromatic rings. The van der Waals surface area contributed by atoms with Crippen LogP contribution in [-0.4, -0.2) is 28.6 Å². The van der Waals surface area contributed by atoms with Crippen molar-refractivity contribution in [1.29, 1.82) is 0 Å². The Hall–Kier alpha value is -2.82. The second-order valence-electron chi connectivity index (χ2n) is 7.41. The van der Waals surface area contributed by atoms with E-state index in [-0.39, 0.29) is 23.4 Å². The standard InChI is InChI=1S/C26H19ClINO5S/c1-2-33-21-13-17(12-20(28)23(21)34-25(31)18-8-10-19(27)11-9-18)14-22-24(30)29(26(32)35-22)15-16-6-4-3-5-7-16/h3-14H,2,15H2,1H3/b22-14-. The topological polar surface area (TPSA) is 72.9 Å². The van der Waals surface area contributed by atoms with Crippen molar-refractivity contribution in [2.45, 2.75) is 13.5 Å². The molecule has 1 aliphatic rings. The largest absolute Gasteiger partial charge is 0.490 e. The van der Waals surface area contributed by atoms with Gasteiger partial charge in [0.15, 0.2) is 11.5 Å². The smallest absolute Gasteiger partial charge is 0.343 e. The van der Waals surface area contributed by atoms with Crippen molar-refractivity contribution in [3.63, 3.8) is 0 Å². The van der Waals surface area contributed by atoms with Crippen molar-refractivity contribution in [3.05, 3.63) is 96.9 Å². The van der Waals surface area contributed by atoms with Gasteiger partial charge in [0.1, 0.15) is 0 Å². The number of carbonyl (C=O) groups excluding carboxylic acids is 3. The number of amides is 2. The average Bonchev–Trinajstić information content (AvgIpc) is 3.09. The van der Waals surface area contributed by atoms with E-state index in [1.54, 1.807) is 42.5 Å². The Kier molecular flexibility index (Phi) is 8.15. The summed E-state index contributed by atoms with van der Waals surface area (Å²) >= 11 is 8.84. The lowest BCUT2D eigenvalue weighted by molar-refractivity contribution is -0.123. The molecule has 0 saturated carbocycles. The van der Waals surface area contributed by atoms with Gasteiger partial charge in [0.2, 0.25) is 0 Å². The molecule has 1 fully saturated rings. The van der Waals surface area contributed by atoms with E-state index < -0.39 is 5.97 Å². The molecule has 4 rings (SSSR count). The van der Waals surface area contributed by atoms with Gasteiger partial charge in [-0.05, 0) is 94.9 Å². The van der Waals surface area contributed by atoms with Crippen LogP contribution < -0.4 is 9.47 Å². The number of hydrogen-bond donors (Lipinski definition) is 0.